The molecule has 1 aliphatic rings. The van der Waals surface area contributed by atoms with E-state index in [4.69, 9.17) is 4.74 Å². The summed E-state index contributed by atoms with van der Waals surface area (Å²) in [6, 6.07) is 8.81. The molecule has 4 nitrogen and oxygen atoms in total. The summed E-state index contributed by atoms with van der Waals surface area (Å²) < 4.78 is 4.76. The molecule has 0 amide bonds. The lowest BCUT2D eigenvalue weighted by Crippen LogP contribution is -2.33. The molecule has 0 bridgehead atoms. The van der Waals surface area contributed by atoms with Gasteiger partial charge in [-0.1, -0.05) is 30.3 Å². The molecular weight excluding hydrogens is 242 g/mol. The van der Waals surface area contributed by atoms with E-state index < -0.39 is 0 Å². The van der Waals surface area contributed by atoms with Gasteiger partial charge in [-0.2, -0.15) is 0 Å². The normalized spacial score (nSPS) is 18.8. The molecule has 1 aromatic rings. The highest BCUT2D eigenvalue weighted by atomic mass is 16.5. The third-order valence-corrected chi connectivity index (χ3v) is 3.24. The molecule has 4 heteroatoms. The summed E-state index contributed by atoms with van der Waals surface area (Å²) in [5, 5.41) is 0. The summed E-state index contributed by atoms with van der Waals surface area (Å²) >= 11 is 0. The third kappa shape index (κ3) is 3.22. The quantitative estimate of drug-likeness (QED) is 0.471. The smallest absolute Gasteiger partial charge is 0.328 e. The van der Waals surface area contributed by atoms with Crippen molar-refractivity contribution in [2.45, 2.75) is 18.9 Å². The zero-order valence-electron chi connectivity index (χ0n) is 10.9. The summed E-state index contributed by atoms with van der Waals surface area (Å²) in [5.41, 5.74) is 0.646. The van der Waals surface area contributed by atoms with E-state index in [-0.39, 0.29) is 17.8 Å². The second-order valence-corrected chi connectivity index (χ2v) is 4.47. The van der Waals surface area contributed by atoms with Crippen molar-refractivity contribution < 1.29 is 14.3 Å². The lowest BCUT2D eigenvalue weighted by Gasteiger charge is -2.19. The van der Waals surface area contributed by atoms with Crippen molar-refractivity contribution in [1.29, 1.82) is 0 Å². The second kappa shape index (κ2) is 6.18. The summed E-state index contributed by atoms with van der Waals surface area (Å²) in [5.74, 6) is -0.301. The van der Waals surface area contributed by atoms with Gasteiger partial charge in [0, 0.05) is 24.4 Å². The number of benzene rings is 1. The van der Waals surface area contributed by atoms with Crippen LogP contribution in [0.15, 0.2) is 42.6 Å². The lowest BCUT2D eigenvalue weighted by molar-refractivity contribution is -0.144. The van der Waals surface area contributed by atoms with Crippen LogP contribution in [-0.2, 0) is 9.53 Å². The highest BCUT2D eigenvalue weighted by Gasteiger charge is 2.29. The molecule has 2 rings (SSSR count). The van der Waals surface area contributed by atoms with Crippen molar-refractivity contribution in [1.82, 2.24) is 4.90 Å². The van der Waals surface area contributed by atoms with E-state index in [1.165, 1.54) is 13.2 Å². The molecule has 0 N–H and O–H groups in total. The standard InChI is InChI=1S/C15H17NO3/c1-19-15(18)13-8-5-10-16(13)11-9-14(17)12-6-3-2-4-7-12/h2-4,6-7,9,11,13H,5,8,10H2,1H3/b11-9+/t13-/m0/s1. The van der Waals surface area contributed by atoms with E-state index in [1.54, 1.807) is 18.3 Å². The van der Waals surface area contributed by atoms with Gasteiger partial charge in [0.05, 0.1) is 7.11 Å². The fraction of sp³-hybridized carbons (Fsp3) is 0.333. The molecule has 0 aromatic heterocycles. The molecule has 1 aromatic carbocycles. The fourth-order valence-corrected chi connectivity index (χ4v) is 2.22. The Morgan fingerprint density at radius 3 is 2.74 bits per heavy atom. The van der Waals surface area contributed by atoms with Gasteiger partial charge in [0.15, 0.2) is 5.78 Å². The van der Waals surface area contributed by atoms with Crippen LogP contribution >= 0.6 is 0 Å². The SMILES string of the molecule is COC(=O)[C@@H]1CCCN1/C=C/C(=O)c1ccccc1. The average molecular weight is 259 g/mol. The molecule has 1 heterocycles. The first-order valence-corrected chi connectivity index (χ1v) is 6.33. The second-order valence-electron chi connectivity index (χ2n) is 4.47. The largest absolute Gasteiger partial charge is 0.467 e. The summed E-state index contributed by atoms with van der Waals surface area (Å²) in [7, 11) is 1.39. The minimum absolute atomic E-state index is 0.0592. The zero-order chi connectivity index (χ0) is 13.7. The van der Waals surface area contributed by atoms with Crippen LogP contribution in [0.5, 0.6) is 0 Å². The summed E-state index contributed by atoms with van der Waals surface area (Å²) in [6.45, 7) is 0.776. The number of likely N-dealkylation sites (tertiary alicyclic amines) is 1. The maximum absolute atomic E-state index is 11.9. The van der Waals surface area contributed by atoms with Crippen molar-refractivity contribution in [2.75, 3.05) is 13.7 Å². The fourth-order valence-electron chi connectivity index (χ4n) is 2.22. The first-order valence-electron chi connectivity index (χ1n) is 6.33. The molecule has 0 aliphatic carbocycles. The number of ketones is 1. The van der Waals surface area contributed by atoms with Gasteiger partial charge < -0.3 is 9.64 Å². The Balaban J connectivity index is 2.02. The van der Waals surface area contributed by atoms with Crippen molar-refractivity contribution >= 4 is 11.8 Å². The molecule has 100 valence electrons. The number of carbonyl (C=O) groups is 2. The van der Waals surface area contributed by atoms with Crippen molar-refractivity contribution in [2.24, 2.45) is 0 Å². The highest BCUT2D eigenvalue weighted by molar-refractivity contribution is 6.04. The predicted molar refractivity (Wildman–Crippen MR) is 71.7 cm³/mol. The molecule has 1 atom stereocenters. The number of rotatable bonds is 4. The van der Waals surface area contributed by atoms with Gasteiger partial charge >= 0.3 is 5.97 Å². The minimum Gasteiger partial charge on any atom is -0.467 e. The Kier molecular flexibility index (Phi) is 4.34. The Labute approximate surface area is 112 Å². The number of methoxy groups -OCH3 is 1. The van der Waals surface area contributed by atoms with E-state index in [0.717, 1.165) is 19.4 Å². The van der Waals surface area contributed by atoms with E-state index in [0.29, 0.717) is 5.56 Å². The monoisotopic (exact) mass is 259 g/mol. The van der Waals surface area contributed by atoms with Gasteiger partial charge in [-0.25, -0.2) is 4.79 Å². The number of hydrogen-bond acceptors (Lipinski definition) is 4. The molecule has 19 heavy (non-hydrogen) atoms. The van der Waals surface area contributed by atoms with Crippen LogP contribution in [0.3, 0.4) is 0 Å². The van der Waals surface area contributed by atoms with E-state index in [1.807, 2.05) is 23.1 Å². The van der Waals surface area contributed by atoms with Crippen LogP contribution in [0.2, 0.25) is 0 Å². The van der Waals surface area contributed by atoms with Crippen molar-refractivity contribution in [3.8, 4) is 0 Å². The Morgan fingerprint density at radius 2 is 2.05 bits per heavy atom. The minimum atomic E-state index is -0.259. The number of ether oxygens (including phenoxy) is 1. The number of allylic oxidation sites excluding steroid dienone is 1. The van der Waals surface area contributed by atoms with Crippen LogP contribution in [0, 0.1) is 0 Å². The van der Waals surface area contributed by atoms with Gasteiger partial charge in [0.2, 0.25) is 0 Å². The topological polar surface area (TPSA) is 46.6 Å². The Hall–Kier alpha value is -2.10. The van der Waals surface area contributed by atoms with E-state index in [2.05, 4.69) is 0 Å². The molecular formula is C15H17NO3. The number of nitrogens with zero attached hydrogens (tertiary/aromatic N) is 1. The number of carbonyl (C=O) groups excluding carboxylic acids is 2. The summed E-state index contributed by atoms with van der Waals surface area (Å²) in [6.07, 6.45) is 4.92. The maximum atomic E-state index is 11.9. The average Bonchev–Trinajstić information content (AvgIpc) is 2.93. The third-order valence-electron chi connectivity index (χ3n) is 3.24. The molecule has 0 saturated carbocycles. The van der Waals surface area contributed by atoms with Gasteiger partial charge in [0.25, 0.3) is 0 Å². The number of esters is 1. The van der Waals surface area contributed by atoms with Crippen LogP contribution < -0.4 is 0 Å². The van der Waals surface area contributed by atoms with Crippen LogP contribution in [0.1, 0.15) is 23.2 Å². The predicted octanol–water partition coefficient (Wildman–Crippen LogP) is 2.02. The Bertz CT molecular complexity index is 481. The molecule has 1 aliphatic heterocycles. The molecule has 0 spiro atoms. The Morgan fingerprint density at radius 1 is 1.32 bits per heavy atom. The van der Waals surface area contributed by atoms with Crippen molar-refractivity contribution in [3.63, 3.8) is 0 Å². The molecule has 0 radical (unpaired) electrons. The van der Waals surface area contributed by atoms with E-state index >= 15 is 0 Å². The van der Waals surface area contributed by atoms with Gasteiger partial charge in [-0.15, -0.1) is 0 Å². The van der Waals surface area contributed by atoms with Crippen LogP contribution in [-0.4, -0.2) is 36.3 Å². The zero-order valence-corrected chi connectivity index (χ0v) is 10.9. The van der Waals surface area contributed by atoms with Gasteiger partial charge in [0.1, 0.15) is 6.04 Å². The van der Waals surface area contributed by atoms with E-state index in [9.17, 15) is 9.59 Å². The maximum Gasteiger partial charge on any atom is 0.328 e. The van der Waals surface area contributed by atoms with Gasteiger partial charge in [-0.05, 0) is 12.8 Å². The molecule has 0 unspecified atom stereocenters. The first kappa shape index (κ1) is 13.3. The van der Waals surface area contributed by atoms with Crippen LogP contribution in [0.25, 0.3) is 0 Å². The highest BCUT2D eigenvalue weighted by Crippen LogP contribution is 2.18. The molecule has 1 saturated heterocycles. The first-order chi connectivity index (χ1) is 9.22. The number of hydrogen-bond donors (Lipinski definition) is 0. The van der Waals surface area contributed by atoms with Crippen LogP contribution in [0.4, 0.5) is 0 Å². The lowest BCUT2D eigenvalue weighted by atomic mass is 10.1. The van der Waals surface area contributed by atoms with Crippen molar-refractivity contribution in [3.05, 3.63) is 48.2 Å². The molecule has 1 fully saturated rings. The summed E-state index contributed by atoms with van der Waals surface area (Å²) in [4.78, 5) is 25.3. The van der Waals surface area contributed by atoms with Gasteiger partial charge in [-0.3, -0.25) is 4.79 Å².